The zero-order valence-corrected chi connectivity index (χ0v) is 11.4. The van der Waals surface area contributed by atoms with E-state index in [-0.39, 0.29) is 5.75 Å². The fourth-order valence-corrected chi connectivity index (χ4v) is 2.94. The van der Waals surface area contributed by atoms with Gasteiger partial charge >= 0.3 is 0 Å². The summed E-state index contributed by atoms with van der Waals surface area (Å²) in [4.78, 5) is 4.69. The predicted molar refractivity (Wildman–Crippen MR) is 71.5 cm³/mol. The zero-order chi connectivity index (χ0) is 12.9. The van der Waals surface area contributed by atoms with E-state index in [0.29, 0.717) is 11.3 Å². The van der Waals surface area contributed by atoms with E-state index in [1.54, 1.807) is 12.1 Å². The van der Waals surface area contributed by atoms with E-state index in [4.69, 9.17) is 0 Å². The Morgan fingerprint density at radius 3 is 2.24 bits per heavy atom. The van der Waals surface area contributed by atoms with Crippen molar-refractivity contribution in [3.05, 3.63) is 29.8 Å². The molecule has 0 unspecified atom stereocenters. The van der Waals surface area contributed by atoms with Gasteiger partial charge in [0.15, 0.2) is 9.84 Å². The molecule has 0 amide bonds. The van der Waals surface area contributed by atoms with Crippen molar-refractivity contribution in [2.75, 3.05) is 12.3 Å². The topological polar surface area (TPSA) is 46.5 Å². The Labute approximate surface area is 104 Å². The maximum absolute atomic E-state index is 11.8. The quantitative estimate of drug-likeness (QED) is 0.757. The van der Waals surface area contributed by atoms with Gasteiger partial charge < -0.3 is 0 Å². The highest BCUT2D eigenvalue weighted by Gasteiger charge is 2.12. The fraction of sp³-hybridized carbons (Fsp3) is 0.462. The van der Waals surface area contributed by atoms with Crippen LogP contribution in [0.25, 0.3) is 0 Å². The smallest absolute Gasteiger partial charge is 0.178 e. The van der Waals surface area contributed by atoms with Crippen LogP contribution in [0.15, 0.2) is 34.2 Å². The Kier molecular flexibility index (Phi) is 4.87. The van der Waals surface area contributed by atoms with Crippen LogP contribution < -0.4 is 0 Å². The Hall–Kier alpha value is -1.16. The van der Waals surface area contributed by atoms with Crippen LogP contribution in [0.1, 0.15) is 32.8 Å². The summed E-state index contributed by atoms with van der Waals surface area (Å²) in [6, 6.07) is 6.96. The van der Waals surface area contributed by atoms with Gasteiger partial charge in [-0.3, -0.25) is 4.99 Å². The van der Waals surface area contributed by atoms with Crippen molar-refractivity contribution in [2.24, 2.45) is 4.99 Å². The first kappa shape index (κ1) is 13.9. The van der Waals surface area contributed by atoms with E-state index in [1.165, 1.54) is 0 Å². The highest BCUT2D eigenvalue weighted by molar-refractivity contribution is 7.91. The number of benzene rings is 1. The molecule has 0 saturated carbocycles. The van der Waals surface area contributed by atoms with Crippen molar-refractivity contribution in [3.8, 4) is 0 Å². The normalized spacial score (nSPS) is 12.8. The lowest BCUT2D eigenvalue weighted by Crippen LogP contribution is -2.06. The van der Waals surface area contributed by atoms with Crippen LogP contribution in [0.3, 0.4) is 0 Å². The van der Waals surface area contributed by atoms with Gasteiger partial charge in [0.2, 0.25) is 0 Å². The van der Waals surface area contributed by atoms with Crippen molar-refractivity contribution in [1.29, 1.82) is 0 Å². The summed E-state index contributed by atoms with van der Waals surface area (Å²) in [5.41, 5.74) is 1.91. The molecule has 0 saturated heterocycles. The molecule has 0 aliphatic heterocycles. The summed E-state index contributed by atoms with van der Waals surface area (Å²) in [5.74, 6) is 0.203. The van der Waals surface area contributed by atoms with Gasteiger partial charge in [0.25, 0.3) is 0 Å². The minimum atomic E-state index is -3.10. The minimum absolute atomic E-state index is 0.203. The molecular formula is C13H19NO2S. The minimum Gasteiger partial charge on any atom is -0.290 e. The van der Waals surface area contributed by atoms with Gasteiger partial charge in [0.05, 0.1) is 10.6 Å². The number of hydrogen-bond donors (Lipinski definition) is 0. The monoisotopic (exact) mass is 253 g/mol. The molecule has 0 aromatic heterocycles. The highest BCUT2D eigenvalue weighted by atomic mass is 32.2. The van der Waals surface area contributed by atoms with Crippen molar-refractivity contribution < 1.29 is 8.42 Å². The molecule has 1 rings (SSSR count). The predicted octanol–water partition coefficient (Wildman–Crippen LogP) is 2.70. The van der Waals surface area contributed by atoms with Crippen LogP contribution in [0.4, 0.5) is 0 Å². The summed E-state index contributed by atoms with van der Waals surface area (Å²) < 4.78 is 23.6. The van der Waals surface area contributed by atoms with Crippen LogP contribution in [0, 0.1) is 0 Å². The maximum Gasteiger partial charge on any atom is 0.178 e. The van der Waals surface area contributed by atoms with Gasteiger partial charge in [-0.15, -0.1) is 0 Å². The van der Waals surface area contributed by atoms with Crippen LogP contribution >= 0.6 is 0 Å². The second-order valence-corrected chi connectivity index (χ2v) is 6.01. The summed E-state index contributed by atoms with van der Waals surface area (Å²) >= 11 is 0. The molecule has 0 fully saturated rings. The van der Waals surface area contributed by atoms with Crippen molar-refractivity contribution >= 4 is 15.5 Å². The molecule has 0 atom stereocenters. The molecule has 17 heavy (non-hydrogen) atoms. The fourth-order valence-electron chi connectivity index (χ4n) is 1.62. The molecule has 0 heterocycles. The summed E-state index contributed by atoms with van der Waals surface area (Å²) in [6.45, 7) is 6.51. The number of sulfone groups is 1. The van der Waals surface area contributed by atoms with E-state index in [0.717, 1.165) is 17.8 Å². The van der Waals surface area contributed by atoms with Gasteiger partial charge in [0.1, 0.15) is 0 Å². The molecule has 94 valence electrons. The van der Waals surface area contributed by atoms with Crippen molar-refractivity contribution in [3.63, 3.8) is 0 Å². The first-order valence-electron chi connectivity index (χ1n) is 5.85. The lowest BCUT2D eigenvalue weighted by Gasteiger charge is -2.04. The van der Waals surface area contributed by atoms with Gasteiger partial charge in [-0.1, -0.05) is 19.1 Å². The van der Waals surface area contributed by atoms with E-state index in [2.05, 4.69) is 4.99 Å². The van der Waals surface area contributed by atoms with E-state index in [9.17, 15) is 8.42 Å². The second-order valence-electron chi connectivity index (χ2n) is 3.90. The Bertz CT molecular complexity index is 487. The van der Waals surface area contributed by atoms with Crippen LogP contribution in [-0.2, 0) is 9.84 Å². The molecule has 0 N–H and O–H groups in total. The standard InChI is InChI=1S/C13H19NO2S/c1-4-10-17(15,16)13-8-6-12(7-9-13)11(3)14-5-2/h6-9H,4-5,10H2,1-3H3. The molecular weight excluding hydrogens is 234 g/mol. The second kappa shape index (κ2) is 5.96. The molecule has 0 bridgehead atoms. The Balaban J connectivity index is 3.00. The van der Waals surface area contributed by atoms with Crippen molar-refractivity contribution in [2.45, 2.75) is 32.1 Å². The third-order valence-electron chi connectivity index (χ3n) is 2.50. The number of hydrogen-bond acceptors (Lipinski definition) is 3. The molecule has 0 aliphatic rings. The Morgan fingerprint density at radius 1 is 1.18 bits per heavy atom. The molecule has 4 heteroatoms. The first-order chi connectivity index (χ1) is 8.01. The molecule has 1 aromatic rings. The molecule has 0 spiro atoms. The maximum atomic E-state index is 11.8. The first-order valence-corrected chi connectivity index (χ1v) is 7.50. The zero-order valence-electron chi connectivity index (χ0n) is 10.6. The van der Waals surface area contributed by atoms with E-state index in [1.807, 2.05) is 32.9 Å². The van der Waals surface area contributed by atoms with E-state index < -0.39 is 9.84 Å². The highest BCUT2D eigenvalue weighted by Crippen LogP contribution is 2.13. The summed E-state index contributed by atoms with van der Waals surface area (Å²) in [7, 11) is -3.10. The third kappa shape index (κ3) is 3.66. The lowest BCUT2D eigenvalue weighted by molar-refractivity contribution is 0.594. The largest absolute Gasteiger partial charge is 0.290 e. The number of nitrogens with zero attached hydrogens (tertiary/aromatic N) is 1. The number of aliphatic imine (C=N–C) groups is 1. The average molecular weight is 253 g/mol. The number of rotatable bonds is 5. The third-order valence-corrected chi connectivity index (χ3v) is 4.44. The SMILES string of the molecule is CCCS(=O)(=O)c1ccc(C(C)=NCC)cc1. The van der Waals surface area contributed by atoms with Crippen LogP contribution in [0.2, 0.25) is 0 Å². The summed E-state index contributed by atoms with van der Waals surface area (Å²) in [5, 5.41) is 0. The lowest BCUT2D eigenvalue weighted by atomic mass is 10.1. The van der Waals surface area contributed by atoms with Crippen LogP contribution in [-0.4, -0.2) is 26.4 Å². The molecule has 0 radical (unpaired) electrons. The molecule has 0 aliphatic carbocycles. The van der Waals surface area contributed by atoms with E-state index >= 15 is 0 Å². The van der Waals surface area contributed by atoms with Gasteiger partial charge in [-0.25, -0.2) is 8.42 Å². The van der Waals surface area contributed by atoms with Crippen molar-refractivity contribution in [1.82, 2.24) is 0 Å². The van der Waals surface area contributed by atoms with Crippen LogP contribution in [0.5, 0.6) is 0 Å². The average Bonchev–Trinajstić information content (AvgIpc) is 2.29. The Morgan fingerprint density at radius 2 is 1.76 bits per heavy atom. The van der Waals surface area contributed by atoms with Gasteiger partial charge in [-0.05, 0) is 38.0 Å². The molecule has 3 nitrogen and oxygen atoms in total. The summed E-state index contributed by atoms with van der Waals surface area (Å²) in [6.07, 6.45) is 0.639. The van der Waals surface area contributed by atoms with Gasteiger partial charge in [0, 0.05) is 12.3 Å². The van der Waals surface area contributed by atoms with Gasteiger partial charge in [-0.2, -0.15) is 0 Å². The molecule has 1 aromatic carbocycles.